The van der Waals surface area contributed by atoms with Crippen molar-refractivity contribution in [2.75, 3.05) is 0 Å². The van der Waals surface area contributed by atoms with Crippen LogP contribution in [0.1, 0.15) is 78.0 Å². The molecular formula is C53H49N3OS. The highest BCUT2D eigenvalue weighted by atomic mass is 32.1. The third-order valence-electron chi connectivity index (χ3n) is 11.4. The maximum Gasteiger partial charge on any atom is 0.149 e. The lowest BCUT2D eigenvalue weighted by Crippen LogP contribution is -2.17. The van der Waals surface area contributed by atoms with E-state index in [4.69, 9.17) is 9.97 Å². The summed E-state index contributed by atoms with van der Waals surface area (Å²) in [4.78, 5) is 10.5. The van der Waals surface area contributed by atoms with Crippen LogP contribution in [0.3, 0.4) is 0 Å². The summed E-state index contributed by atoms with van der Waals surface area (Å²) < 4.78 is 4.76. The predicted molar refractivity (Wildman–Crippen MR) is 247 cm³/mol. The van der Waals surface area contributed by atoms with Gasteiger partial charge in [-0.2, -0.15) is 0 Å². The molecule has 3 heterocycles. The van der Waals surface area contributed by atoms with Gasteiger partial charge in [0.15, 0.2) is 0 Å². The Labute approximate surface area is 345 Å². The van der Waals surface area contributed by atoms with Gasteiger partial charge in [-0.05, 0) is 99.2 Å². The first-order valence-corrected chi connectivity index (χ1v) is 21.1. The Kier molecular flexibility index (Phi) is 9.13. The van der Waals surface area contributed by atoms with Crippen LogP contribution in [0, 0.1) is 0 Å². The summed E-state index contributed by atoms with van der Waals surface area (Å²) in [5, 5.41) is 14.9. The van der Waals surface area contributed by atoms with E-state index in [1.807, 2.05) is 29.7 Å². The molecule has 0 aliphatic heterocycles. The van der Waals surface area contributed by atoms with Crippen molar-refractivity contribution in [1.82, 2.24) is 14.5 Å². The smallest absolute Gasteiger partial charge is 0.149 e. The zero-order chi connectivity index (χ0) is 40.5. The van der Waals surface area contributed by atoms with Crippen molar-refractivity contribution in [3.8, 4) is 56.3 Å². The molecule has 58 heavy (non-hydrogen) atoms. The van der Waals surface area contributed by atoms with Gasteiger partial charge in [0.25, 0.3) is 0 Å². The largest absolute Gasteiger partial charge is 0.507 e. The number of benzene rings is 6. The van der Waals surface area contributed by atoms with E-state index in [9.17, 15) is 5.11 Å². The number of phenols is 1. The third-order valence-corrected chi connectivity index (χ3v) is 12.6. The van der Waals surface area contributed by atoms with E-state index in [1.165, 1.54) is 36.9 Å². The highest BCUT2D eigenvalue weighted by Crippen LogP contribution is 2.48. The van der Waals surface area contributed by atoms with Crippen molar-refractivity contribution < 1.29 is 5.11 Å². The molecule has 0 spiro atoms. The molecule has 0 atom stereocenters. The molecule has 288 valence electrons. The number of thiophene rings is 1. The molecule has 0 aliphatic rings. The first-order valence-electron chi connectivity index (χ1n) is 20.2. The Morgan fingerprint density at radius 3 is 2.10 bits per heavy atom. The van der Waals surface area contributed by atoms with Gasteiger partial charge in [0.1, 0.15) is 11.6 Å². The highest BCUT2D eigenvalue weighted by Gasteiger charge is 2.30. The second kappa shape index (κ2) is 14.1. The van der Waals surface area contributed by atoms with E-state index in [0.29, 0.717) is 0 Å². The molecule has 6 aromatic carbocycles. The van der Waals surface area contributed by atoms with E-state index in [0.717, 1.165) is 61.6 Å². The second-order valence-corrected chi connectivity index (χ2v) is 19.0. The molecule has 1 N–H and O–H groups in total. The van der Waals surface area contributed by atoms with Crippen LogP contribution in [0.25, 0.3) is 81.8 Å². The van der Waals surface area contributed by atoms with Gasteiger partial charge in [0.05, 0.1) is 28.0 Å². The number of rotatable bonds is 6. The third kappa shape index (κ3) is 6.48. The number of para-hydroxylation sites is 1. The standard InChI is InChI=1S/C53H49N3OS/c1-32(2)39-27-34(33-17-10-9-11-18-33)24-25-44(39)56-45-22-16-20-37(49(45)55-51(56)41-30-36(52(3,4)5)31-42(50(41)57)53(6,7)8)40-28-35(43-21-14-15-26-54-43)29-47-48(40)38-19-12-13-23-46(38)58-47/h9-32,57H,1-8H3. The SMILES string of the molecule is CC(C)c1cc(-c2ccccc2)ccc1-n1c(-c2cc(C(C)(C)C)cc(C(C)(C)C)c2O)nc2c(-c3cc(-c4ccccn4)cc4sc5ccccc5c34)cccc21. The minimum atomic E-state index is -0.306. The molecule has 4 nitrogen and oxygen atoms in total. The summed E-state index contributed by atoms with van der Waals surface area (Å²) >= 11 is 1.81. The fourth-order valence-corrected chi connectivity index (χ4v) is 9.50. The molecule has 0 bridgehead atoms. The van der Waals surface area contributed by atoms with E-state index in [1.54, 1.807) is 0 Å². The van der Waals surface area contributed by atoms with Gasteiger partial charge in [-0.15, -0.1) is 11.3 Å². The van der Waals surface area contributed by atoms with Crippen LogP contribution in [0.5, 0.6) is 5.75 Å². The van der Waals surface area contributed by atoms with Gasteiger partial charge in [-0.1, -0.05) is 134 Å². The molecular weight excluding hydrogens is 727 g/mol. The average Bonchev–Trinajstić information content (AvgIpc) is 3.79. The molecule has 0 fully saturated rings. The number of hydrogen-bond donors (Lipinski definition) is 1. The van der Waals surface area contributed by atoms with Crippen LogP contribution < -0.4 is 0 Å². The first-order chi connectivity index (χ1) is 27.8. The maximum absolute atomic E-state index is 12.5. The number of phenolic OH excluding ortho intramolecular Hbond substituents is 1. The van der Waals surface area contributed by atoms with Crippen molar-refractivity contribution >= 4 is 42.5 Å². The van der Waals surface area contributed by atoms with Crippen molar-refractivity contribution in [2.45, 2.75) is 72.1 Å². The number of hydrogen-bond acceptors (Lipinski definition) is 4. The number of fused-ring (bicyclic) bond motifs is 4. The molecule has 9 rings (SSSR count). The molecule has 5 heteroatoms. The molecule has 9 aromatic rings. The summed E-state index contributed by atoms with van der Waals surface area (Å²) in [5.74, 6) is 1.20. The summed E-state index contributed by atoms with van der Waals surface area (Å²) in [7, 11) is 0. The van der Waals surface area contributed by atoms with E-state index in [-0.39, 0.29) is 22.5 Å². The lowest BCUT2D eigenvalue weighted by molar-refractivity contribution is 0.446. The summed E-state index contributed by atoms with van der Waals surface area (Å²) in [6.45, 7) is 17.7. The van der Waals surface area contributed by atoms with E-state index < -0.39 is 0 Å². The van der Waals surface area contributed by atoms with Gasteiger partial charge in [0, 0.05) is 43.1 Å². The molecule has 0 aliphatic carbocycles. The van der Waals surface area contributed by atoms with Crippen molar-refractivity contribution in [2.24, 2.45) is 0 Å². The summed E-state index contributed by atoms with van der Waals surface area (Å²) in [6.07, 6.45) is 1.86. The first kappa shape index (κ1) is 37.5. The lowest BCUT2D eigenvalue weighted by Gasteiger charge is -2.28. The summed E-state index contributed by atoms with van der Waals surface area (Å²) in [5.41, 5.74) is 12.9. The summed E-state index contributed by atoms with van der Waals surface area (Å²) in [6, 6.07) is 47.6. The maximum atomic E-state index is 12.5. The molecule has 3 aromatic heterocycles. The Hall–Kier alpha value is -6.04. The van der Waals surface area contributed by atoms with Gasteiger partial charge < -0.3 is 5.11 Å². The zero-order valence-corrected chi connectivity index (χ0v) is 35.4. The second-order valence-electron chi connectivity index (χ2n) is 17.9. The molecule has 0 unspecified atom stereocenters. The van der Waals surface area contributed by atoms with Gasteiger partial charge >= 0.3 is 0 Å². The monoisotopic (exact) mass is 775 g/mol. The van der Waals surface area contributed by atoms with E-state index in [2.05, 4.69) is 181 Å². The van der Waals surface area contributed by atoms with Crippen molar-refractivity contribution in [1.29, 1.82) is 0 Å². The van der Waals surface area contributed by atoms with Gasteiger partial charge in [-0.3, -0.25) is 9.55 Å². The molecule has 0 saturated heterocycles. The van der Waals surface area contributed by atoms with Crippen LogP contribution in [-0.2, 0) is 10.8 Å². The number of nitrogens with zero attached hydrogens (tertiary/aromatic N) is 3. The van der Waals surface area contributed by atoms with Gasteiger partial charge in [0.2, 0.25) is 0 Å². The Bertz CT molecular complexity index is 3000. The van der Waals surface area contributed by atoms with Crippen LogP contribution >= 0.6 is 11.3 Å². The number of imidazole rings is 1. The molecule has 0 radical (unpaired) electrons. The highest BCUT2D eigenvalue weighted by molar-refractivity contribution is 7.26. The fraction of sp³-hybridized carbons (Fsp3) is 0.208. The predicted octanol–water partition coefficient (Wildman–Crippen LogP) is 14.9. The lowest BCUT2D eigenvalue weighted by atomic mass is 9.79. The topological polar surface area (TPSA) is 50.9 Å². The van der Waals surface area contributed by atoms with Crippen LogP contribution in [-0.4, -0.2) is 19.6 Å². The quantitative estimate of drug-likeness (QED) is 0.183. The van der Waals surface area contributed by atoms with Crippen LogP contribution in [0.15, 0.2) is 140 Å². The zero-order valence-electron chi connectivity index (χ0n) is 34.6. The van der Waals surface area contributed by atoms with Crippen molar-refractivity contribution in [3.05, 3.63) is 156 Å². The van der Waals surface area contributed by atoms with Crippen LogP contribution in [0.4, 0.5) is 0 Å². The average molecular weight is 776 g/mol. The minimum absolute atomic E-state index is 0.164. The van der Waals surface area contributed by atoms with Crippen LogP contribution in [0.2, 0.25) is 0 Å². The fourth-order valence-electron chi connectivity index (χ4n) is 8.33. The molecule has 0 amide bonds. The minimum Gasteiger partial charge on any atom is -0.507 e. The van der Waals surface area contributed by atoms with Gasteiger partial charge in [-0.25, -0.2) is 4.98 Å². The number of pyridine rings is 1. The normalized spacial score (nSPS) is 12.4. The number of aromatic nitrogens is 3. The number of aromatic hydroxyl groups is 1. The molecule has 0 saturated carbocycles. The Balaban J connectivity index is 1.41. The Morgan fingerprint density at radius 1 is 0.621 bits per heavy atom. The van der Waals surface area contributed by atoms with E-state index >= 15 is 0 Å². The Morgan fingerprint density at radius 2 is 1.38 bits per heavy atom. The van der Waals surface area contributed by atoms with Crippen molar-refractivity contribution in [3.63, 3.8) is 0 Å².